The fraction of sp³-hybridized carbons (Fsp3) is 0.278. The van der Waals surface area contributed by atoms with E-state index in [1.807, 2.05) is 31.3 Å². The molecule has 21 heavy (non-hydrogen) atoms. The van der Waals surface area contributed by atoms with Crippen molar-refractivity contribution < 1.29 is 0 Å². The van der Waals surface area contributed by atoms with E-state index in [-0.39, 0.29) is 0 Å². The highest BCUT2D eigenvalue weighted by molar-refractivity contribution is 6.31. The standard InChI is InChI=1S/C18H19ClN2/c1-3-20-14-7-4-6-13(10-14)16-11-21(2)12-17-15(16)8-5-9-18(17)19/h3-10,16H,11-12H2,1-2H3. The van der Waals surface area contributed by atoms with Crippen molar-refractivity contribution in [2.45, 2.75) is 19.4 Å². The van der Waals surface area contributed by atoms with Gasteiger partial charge in [-0.1, -0.05) is 35.9 Å². The second-order valence-corrected chi connectivity index (χ2v) is 5.95. The maximum atomic E-state index is 6.39. The SMILES string of the molecule is CC=Nc1cccc(C2CN(C)Cc3c(Cl)cccc32)c1. The third-order valence-corrected chi connectivity index (χ3v) is 4.36. The summed E-state index contributed by atoms with van der Waals surface area (Å²) in [6.07, 6.45) is 1.83. The Balaban J connectivity index is 2.07. The average molecular weight is 299 g/mol. The second-order valence-electron chi connectivity index (χ2n) is 5.54. The van der Waals surface area contributed by atoms with Gasteiger partial charge in [-0.15, -0.1) is 0 Å². The third-order valence-electron chi connectivity index (χ3n) is 4.00. The Bertz CT molecular complexity index is 679. The Morgan fingerprint density at radius 2 is 2.05 bits per heavy atom. The van der Waals surface area contributed by atoms with Gasteiger partial charge in [0.25, 0.3) is 0 Å². The number of halogens is 1. The van der Waals surface area contributed by atoms with Gasteiger partial charge in [-0.2, -0.15) is 0 Å². The van der Waals surface area contributed by atoms with Crippen molar-refractivity contribution in [3.63, 3.8) is 0 Å². The Morgan fingerprint density at radius 3 is 2.86 bits per heavy atom. The summed E-state index contributed by atoms with van der Waals surface area (Å²) in [6.45, 7) is 3.86. The molecular formula is C18H19ClN2. The van der Waals surface area contributed by atoms with Crippen molar-refractivity contribution in [1.82, 2.24) is 4.90 Å². The topological polar surface area (TPSA) is 15.6 Å². The lowest BCUT2D eigenvalue weighted by molar-refractivity contribution is 0.295. The first-order valence-corrected chi connectivity index (χ1v) is 7.61. The molecular weight excluding hydrogens is 280 g/mol. The molecule has 1 aliphatic heterocycles. The van der Waals surface area contributed by atoms with Crippen LogP contribution in [-0.4, -0.2) is 24.7 Å². The van der Waals surface area contributed by atoms with E-state index < -0.39 is 0 Å². The summed E-state index contributed by atoms with van der Waals surface area (Å²) in [7, 11) is 2.15. The molecule has 2 aromatic carbocycles. The maximum absolute atomic E-state index is 6.39. The molecule has 0 bridgehead atoms. The van der Waals surface area contributed by atoms with Gasteiger partial charge in [0.05, 0.1) is 5.69 Å². The zero-order valence-corrected chi connectivity index (χ0v) is 13.1. The van der Waals surface area contributed by atoms with Gasteiger partial charge in [-0.3, -0.25) is 4.99 Å². The van der Waals surface area contributed by atoms with Gasteiger partial charge in [-0.25, -0.2) is 0 Å². The number of nitrogens with zero attached hydrogens (tertiary/aromatic N) is 2. The first kappa shape index (κ1) is 14.3. The first-order valence-electron chi connectivity index (χ1n) is 7.23. The molecule has 1 unspecified atom stereocenters. The van der Waals surface area contributed by atoms with E-state index in [9.17, 15) is 0 Å². The van der Waals surface area contributed by atoms with E-state index in [1.165, 1.54) is 16.7 Å². The molecule has 1 atom stereocenters. The molecule has 0 saturated carbocycles. The van der Waals surface area contributed by atoms with E-state index in [1.54, 1.807) is 0 Å². The average Bonchev–Trinajstić information content (AvgIpc) is 2.48. The van der Waals surface area contributed by atoms with E-state index in [0.717, 1.165) is 23.8 Å². The summed E-state index contributed by atoms with van der Waals surface area (Å²) in [5.74, 6) is 0.351. The summed E-state index contributed by atoms with van der Waals surface area (Å²) < 4.78 is 0. The number of likely N-dealkylation sites (N-methyl/N-ethyl adjacent to an activating group) is 1. The molecule has 3 heteroatoms. The van der Waals surface area contributed by atoms with Crippen LogP contribution in [0.1, 0.15) is 29.5 Å². The largest absolute Gasteiger partial charge is 0.301 e. The Kier molecular flexibility index (Phi) is 4.09. The fourth-order valence-corrected chi connectivity index (χ4v) is 3.31. The molecule has 2 aromatic rings. The van der Waals surface area contributed by atoms with E-state index >= 15 is 0 Å². The number of benzene rings is 2. The zero-order chi connectivity index (χ0) is 14.8. The van der Waals surface area contributed by atoms with Crippen molar-refractivity contribution >= 4 is 23.5 Å². The molecule has 0 aromatic heterocycles. The number of hydrogen-bond donors (Lipinski definition) is 0. The lowest BCUT2D eigenvalue weighted by atomic mass is 9.84. The molecule has 1 aliphatic rings. The highest BCUT2D eigenvalue weighted by atomic mass is 35.5. The molecule has 0 spiro atoms. The number of rotatable bonds is 2. The predicted octanol–water partition coefficient (Wildman–Crippen LogP) is 4.64. The molecule has 3 rings (SSSR count). The molecule has 2 nitrogen and oxygen atoms in total. The fourth-order valence-electron chi connectivity index (χ4n) is 3.07. The lowest BCUT2D eigenvalue weighted by Crippen LogP contribution is -2.31. The van der Waals surface area contributed by atoms with Crippen molar-refractivity contribution in [1.29, 1.82) is 0 Å². The number of aliphatic imine (C=N–C) groups is 1. The van der Waals surface area contributed by atoms with Crippen LogP contribution in [0.15, 0.2) is 47.5 Å². The Labute approximate surface area is 131 Å². The van der Waals surface area contributed by atoms with Gasteiger partial charge in [0.15, 0.2) is 0 Å². The summed E-state index contributed by atoms with van der Waals surface area (Å²) in [5, 5.41) is 0.867. The van der Waals surface area contributed by atoms with E-state index in [4.69, 9.17) is 11.6 Å². The minimum absolute atomic E-state index is 0.351. The minimum Gasteiger partial charge on any atom is -0.301 e. The molecule has 0 fully saturated rings. The van der Waals surface area contributed by atoms with Crippen LogP contribution in [0.3, 0.4) is 0 Å². The zero-order valence-electron chi connectivity index (χ0n) is 12.4. The Hall–Kier alpha value is -1.64. The normalized spacial score (nSPS) is 18.9. The Morgan fingerprint density at radius 1 is 1.24 bits per heavy atom. The molecule has 0 amide bonds. The summed E-state index contributed by atoms with van der Waals surface area (Å²) in [5.41, 5.74) is 4.90. The number of hydrogen-bond acceptors (Lipinski definition) is 2. The van der Waals surface area contributed by atoms with Gasteiger partial charge in [0.1, 0.15) is 0 Å². The second kappa shape index (κ2) is 6.00. The molecule has 0 aliphatic carbocycles. The van der Waals surface area contributed by atoms with Crippen LogP contribution in [0.25, 0.3) is 0 Å². The van der Waals surface area contributed by atoms with Crippen molar-refractivity contribution in [2.24, 2.45) is 4.99 Å². The summed E-state index contributed by atoms with van der Waals surface area (Å²) in [6, 6.07) is 14.7. The minimum atomic E-state index is 0.351. The quantitative estimate of drug-likeness (QED) is 0.738. The summed E-state index contributed by atoms with van der Waals surface area (Å²) in [4.78, 5) is 6.72. The highest BCUT2D eigenvalue weighted by Gasteiger charge is 2.26. The van der Waals surface area contributed by atoms with E-state index in [2.05, 4.69) is 41.2 Å². The molecule has 0 N–H and O–H groups in total. The predicted molar refractivity (Wildman–Crippen MR) is 89.9 cm³/mol. The van der Waals surface area contributed by atoms with Gasteiger partial charge < -0.3 is 4.90 Å². The van der Waals surface area contributed by atoms with Gasteiger partial charge in [0.2, 0.25) is 0 Å². The highest BCUT2D eigenvalue weighted by Crippen LogP contribution is 2.37. The third kappa shape index (κ3) is 2.87. The molecule has 1 heterocycles. The summed E-state index contributed by atoms with van der Waals surface area (Å²) >= 11 is 6.39. The van der Waals surface area contributed by atoms with Crippen LogP contribution < -0.4 is 0 Å². The number of fused-ring (bicyclic) bond motifs is 1. The van der Waals surface area contributed by atoms with Crippen LogP contribution in [-0.2, 0) is 6.54 Å². The maximum Gasteiger partial charge on any atom is 0.0628 e. The van der Waals surface area contributed by atoms with Crippen LogP contribution in [0.5, 0.6) is 0 Å². The molecule has 0 radical (unpaired) electrons. The van der Waals surface area contributed by atoms with Crippen molar-refractivity contribution in [3.8, 4) is 0 Å². The van der Waals surface area contributed by atoms with Crippen molar-refractivity contribution in [2.75, 3.05) is 13.6 Å². The molecule has 0 saturated heterocycles. The smallest absolute Gasteiger partial charge is 0.0628 e. The molecule has 108 valence electrons. The van der Waals surface area contributed by atoms with Crippen LogP contribution >= 0.6 is 11.6 Å². The van der Waals surface area contributed by atoms with Crippen LogP contribution in [0, 0.1) is 0 Å². The van der Waals surface area contributed by atoms with Crippen LogP contribution in [0.2, 0.25) is 5.02 Å². The van der Waals surface area contributed by atoms with E-state index in [0.29, 0.717) is 5.92 Å². The van der Waals surface area contributed by atoms with Gasteiger partial charge in [-0.05, 0) is 48.9 Å². The van der Waals surface area contributed by atoms with Gasteiger partial charge >= 0.3 is 0 Å². The first-order chi connectivity index (χ1) is 10.2. The monoisotopic (exact) mass is 298 g/mol. The van der Waals surface area contributed by atoms with Crippen molar-refractivity contribution in [3.05, 3.63) is 64.2 Å². The lowest BCUT2D eigenvalue weighted by Gasteiger charge is -2.33. The van der Waals surface area contributed by atoms with Crippen LogP contribution in [0.4, 0.5) is 5.69 Å². The van der Waals surface area contributed by atoms with Gasteiger partial charge in [0, 0.05) is 30.2 Å².